The maximum Gasteiger partial charge on any atom is 0.231 e. The molecule has 0 spiro atoms. The Hall–Kier alpha value is -2.47. The van der Waals surface area contributed by atoms with Crippen LogP contribution in [0.1, 0.15) is 30.0 Å². The molecule has 0 saturated carbocycles. The lowest BCUT2D eigenvalue weighted by molar-refractivity contribution is -0.120. The molecule has 1 aromatic carbocycles. The maximum absolute atomic E-state index is 12.4. The Kier molecular flexibility index (Phi) is 4.84. The van der Waals surface area contributed by atoms with Gasteiger partial charge in [0, 0.05) is 18.8 Å². The van der Waals surface area contributed by atoms with E-state index in [4.69, 9.17) is 0 Å². The molecular formula is C20H25N5O. The lowest BCUT2D eigenvalue weighted by Gasteiger charge is -2.38. The van der Waals surface area contributed by atoms with Crippen molar-refractivity contribution in [2.45, 2.75) is 25.7 Å². The fraction of sp³-hybridized carbons (Fsp3) is 0.450. The van der Waals surface area contributed by atoms with E-state index in [1.807, 2.05) is 31.2 Å². The van der Waals surface area contributed by atoms with Crippen molar-refractivity contribution in [1.82, 2.24) is 15.5 Å². The number of nitrogens with zero attached hydrogens (tertiary/aromatic N) is 3. The molecule has 2 saturated heterocycles. The van der Waals surface area contributed by atoms with Crippen LogP contribution in [-0.2, 0) is 4.79 Å². The summed E-state index contributed by atoms with van der Waals surface area (Å²) >= 11 is 0. The van der Waals surface area contributed by atoms with E-state index in [1.165, 1.54) is 18.4 Å². The van der Waals surface area contributed by atoms with E-state index in [1.54, 1.807) is 0 Å². The normalized spacial score (nSPS) is 18.4. The molecule has 136 valence electrons. The van der Waals surface area contributed by atoms with Crippen molar-refractivity contribution in [1.29, 1.82) is 0 Å². The summed E-state index contributed by atoms with van der Waals surface area (Å²) in [7, 11) is 0. The molecule has 2 aliphatic rings. The van der Waals surface area contributed by atoms with Gasteiger partial charge in [-0.1, -0.05) is 12.1 Å². The van der Waals surface area contributed by atoms with Crippen molar-refractivity contribution >= 4 is 17.4 Å². The highest BCUT2D eigenvalue weighted by Crippen LogP contribution is 2.27. The first kappa shape index (κ1) is 17.0. The SMILES string of the molecule is Cc1ccc(N2CC(C(=O)Nc3ccc(C4CCNCC4)cc3)C2)nn1. The first-order valence-electron chi connectivity index (χ1n) is 9.36. The highest BCUT2D eigenvalue weighted by Gasteiger charge is 2.33. The predicted octanol–water partition coefficient (Wildman–Crippen LogP) is 2.33. The van der Waals surface area contributed by atoms with Gasteiger partial charge in [0.25, 0.3) is 0 Å². The molecule has 1 amide bonds. The number of hydrogen-bond acceptors (Lipinski definition) is 5. The van der Waals surface area contributed by atoms with Crippen molar-refractivity contribution < 1.29 is 4.79 Å². The Labute approximate surface area is 154 Å². The van der Waals surface area contributed by atoms with Crippen molar-refractivity contribution in [2.24, 2.45) is 5.92 Å². The van der Waals surface area contributed by atoms with Crippen LogP contribution in [0.2, 0.25) is 0 Å². The number of amides is 1. The first-order chi connectivity index (χ1) is 12.7. The van der Waals surface area contributed by atoms with Crippen LogP contribution in [0.4, 0.5) is 11.5 Å². The third kappa shape index (κ3) is 3.70. The molecule has 0 radical (unpaired) electrons. The van der Waals surface area contributed by atoms with E-state index in [0.29, 0.717) is 19.0 Å². The zero-order valence-electron chi connectivity index (χ0n) is 15.1. The van der Waals surface area contributed by atoms with Crippen LogP contribution in [0.15, 0.2) is 36.4 Å². The number of aryl methyl sites for hydroxylation is 1. The van der Waals surface area contributed by atoms with Gasteiger partial charge in [0.2, 0.25) is 5.91 Å². The van der Waals surface area contributed by atoms with Gasteiger partial charge in [0.1, 0.15) is 0 Å². The summed E-state index contributed by atoms with van der Waals surface area (Å²) < 4.78 is 0. The van der Waals surface area contributed by atoms with E-state index in [2.05, 4.69) is 37.9 Å². The maximum atomic E-state index is 12.4. The standard InChI is InChI=1S/C20H25N5O/c1-14-2-7-19(24-23-14)25-12-17(13-25)20(26)22-18-5-3-15(4-6-18)16-8-10-21-11-9-16/h2-7,16-17,21H,8-13H2,1H3,(H,22,26). The van der Waals surface area contributed by atoms with Crippen LogP contribution in [0.3, 0.4) is 0 Å². The molecular weight excluding hydrogens is 326 g/mol. The number of benzene rings is 1. The summed E-state index contributed by atoms with van der Waals surface area (Å²) in [5, 5.41) is 14.7. The van der Waals surface area contributed by atoms with Crippen LogP contribution >= 0.6 is 0 Å². The van der Waals surface area contributed by atoms with E-state index < -0.39 is 0 Å². The van der Waals surface area contributed by atoms with Gasteiger partial charge in [-0.25, -0.2) is 0 Å². The molecule has 2 aliphatic heterocycles. The summed E-state index contributed by atoms with van der Waals surface area (Å²) in [4.78, 5) is 14.5. The minimum Gasteiger partial charge on any atom is -0.353 e. The molecule has 0 bridgehead atoms. The van der Waals surface area contributed by atoms with Gasteiger partial charge in [0.15, 0.2) is 5.82 Å². The van der Waals surface area contributed by atoms with E-state index in [-0.39, 0.29) is 11.8 Å². The molecule has 1 aromatic heterocycles. The second-order valence-corrected chi connectivity index (χ2v) is 7.27. The first-order valence-corrected chi connectivity index (χ1v) is 9.36. The summed E-state index contributed by atoms with van der Waals surface area (Å²) in [6, 6.07) is 12.3. The number of rotatable bonds is 4. The van der Waals surface area contributed by atoms with Gasteiger partial charge in [-0.15, -0.1) is 5.10 Å². The highest BCUT2D eigenvalue weighted by molar-refractivity contribution is 5.94. The Bertz CT molecular complexity index is 747. The molecule has 2 N–H and O–H groups in total. The number of hydrogen-bond donors (Lipinski definition) is 2. The van der Waals surface area contributed by atoms with Crippen LogP contribution in [-0.4, -0.2) is 42.3 Å². The number of nitrogens with one attached hydrogen (secondary N) is 2. The average molecular weight is 351 g/mol. The predicted molar refractivity (Wildman–Crippen MR) is 102 cm³/mol. The zero-order valence-corrected chi connectivity index (χ0v) is 15.1. The molecule has 2 fully saturated rings. The quantitative estimate of drug-likeness (QED) is 0.885. The minimum atomic E-state index is 0.00204. The van der Waals surface area contributed by atoms with Gasteiger partial charge < -0.3 is 15.5 Å². The van der Waals surface area contributed by atoms with Crippen LogP contribution < -0.4 is 15.5 Å². The number of piperidine rings is 1. The molecule has 6 nitrogen and oxygen atoms in total. The molecule has 26 heavy (non-hydrogen) atoms. The van der Waals surface area contributed by atoms with Crippen molar-refractivity contribution in [3.8, 4) is 0 Å². The summed E-state index contributed by atoms with van der Waals surface area (Å²) in [6.45, 7) is 5.48. The number of carbonyl (C=O) groups is 1. The van der Waals surface area contributed by atoms with Crippen molar-refractivity contribution in [3.63, 3.8) is 0 Å². The van der Waals surface area contributed by atoms with Gasteiger partial charge in [-0.2, -0.15) is 5.10 Å². The van der Waals surface area contributed by atoms with Crippen molar-refractivity contribution in [3.05, 3.63) is 47.7 Å². The molecule has 0 atom stereocenters. The number of carbonyl (C=O) groups excluding carboxylic acids is 1. The van der Waals surface area contributed by atoms with Crippen LogP contribution in [0, 0.1) is 12.8 Å². The summed E-state index contributed by atoms with van der Waals surface area (Å²) in [6.07, 6.45) is 2.37. The Morgan fingerprint density at radius 3 is 2.46 bits per heavy atom. The summed E-state index contributed by atoms with van der Waals surface area (Å²) in [5.41, 5.74) is 3.15. The van der Waals surface area contributed by atoms with Gasteiger partial charge in [-0.3, -0.25) is 4.79 Å². The Morgan fingerprint density at radius 2 is 1.81 bits per heavy atom. The van der Waals surface area contributed by atoms with Crippen LogP contribution in [0.25, 0.3) is 0 Å². The molecule has 6 heteroatoms. The number of anilines is 2. The van der Waals surface area contributed by atoms with E-state index in [0.717, 1.165) is 30.3 Å². The minimum absolute atomic E-state index is 0.00204. The van der Waals surface area contributed by atoms with Crippen molar-refractivity contribution in [2.75, 3.05) is 36.4 Å². The van der Waals surface area contributed by atoms with Gasteiger partial charge in [-0.05, 0) is 68.6 Å². The third-order valence-corrected chi connectivity index (χ3v) is 5.35. The Morgan fingerprint density at radius 1 is 1.08 bits per heavy atom. The second kappa shape index (κ2) is 7.41. The van der Waals surface area contributed by atoms with Gasteiger partial charge in [0.05, 0.1) is 11.6 Å². The summed E-state index contributed by atoms with van der Waals surface area (Å²) in [5.74, 6) is 1.56. The zero-order chi connectivity index (χ0) is 17.9. The molecule has 0 unspecified atom stereocenters. The largest absolute Gasteiger partial charge is 0.353 e. The lowest BCUT2D eigenvalue weighted by Crippen LogP contribution is -2.52. The van der Waals surface area contributed by atoms with Gasteiger partial charge >= 0.3 is 0 Å². The third-order valence-electron chi connectivity index (χ3n) is 5.35. The number of aromatic nitrogens is 2. The smallest absolute Gasteiger partial charge is 0.231 e. The Balaban J connectivity index is 1.29. The second-order valence-electron chi connectivity index (χ2n) is 7.27. The fourth-order valence-electron chi connectivity index (χ4n) is 3.63. The fourth-order valence-corrected chi connectivity index (χ4v) is 3.63. The van der Waals surface area contributed by atoms with Crippen LogP contribution in [0.5, 0.6) is 0 Å². The molecule has 4 rings (SSSR count). The highest BCUT2D eigenvalue weighted by atomic mass is 16.2. The monoisotopic (exact) mass is 351 g/mol. The topological polar surface area (TPSA) is 70.2 Å². The molecule has 3 heterocycles. The average Bonchev–Trinajstić information content (AvgIpc) is 2.63. The molecule has 0 aliphatic carbocycles. The van der Waals surface area contributed by atoms with E-state index >= 15 is 0 Å². The lowest BCUT2D eigenvalue weighted by atomic mass is 9.90. The molecule has 2 aromatic rings. The van der Waals surface area contributed by atoms with E-state index in [9.17, 15) is 4.79 Å².